The molecule has 2 aromatic heterocycles. The van der Waals surface area contributed by atoms with Crippen LogP contribution in [0.3, 0.4) is 0 Å². The van der Waals surface area contributed by atoms with E-state index in [1.165, 1.54) is 12.1 Å². The van der Waals surface area contributed by atoms with Gasteiger partial charge in [0.05, 0.1) is 17.1 Å². The number of amides is 1. The normalized spacial score (nSPS) is 18.4. The number of hydrogen-bond donors (Lipinski definition) is 2. The summed E-state index contributed by atoms with van der Waals surface area (Å²) in [5.41, 5.74) is 3.96. The Bertz CT molecular complexity index is 1230. The lowest BCUT2D eigenvalue weighted by molar-refractivity contribution is -0.125. The third-order valence-corrected chi connectivity index (χ3v) is 7.14. The molecule has 1 aliphatic heterocycles. The van der Waals surface area contributed by atoms with Crippen molar-refractivity contribution in [2.75, 3.05) is 13.1 Å². The van der Waals surface area contributed by atoms with Crippen LogP contribution in [0.5, 0.6) is 0 Å². The first kappa shape index (κ1) is 22.6. The predicted molar refractivity (Wildman–Crippen MR) is 132 cm³/mol. The molecule has 6 nitrogen and oxygen atoms in total. The summed E-state index contributed by atoms with van der Waals surface area (Å²) in [6.07, 6.45) is 4.89. The number of imidazole rings is 1. The third-order valence-electron chi connectivity index (χ3n) is 6.05. The number of halogens is 1. The summed E-state index contributed by atoms with van der Waals surface area (Å²) >= 11 is 1.69. The van der Waals surface area contributed by atoms with Crippen molar-refractivity contribution < 1.29 is 9.18 Å². The number of carbonyl (C=O) groups is 1. The van der Waals surface area contributed by atoms with E-state index in [-0.39, 0.29) is 23.0 Å². The van der Waals surface area contributed by atoms with Gasteiger partial charge in [-0.2, -0.15) is 0 Å². The molecule has 174 valence electrons. The van der Waals surface area contributed by atoms with Gasteiger partial charge in [0.1, 0.15) is 5.82 Å². The number of likely N-dealkylation sites (tertiary alicyclic amines) is 1. The summed E-state index contributed by atoms with van der Waals surface area (Å²) in [6.45, 7) is 1.94. The summed E-state index contributed by atoms with van der Waals surface area (Å²) in [6, 6.07) is 18.2. The molecule has 2 aromatic carbocycles. The van der Waals surface area contributed by atoms with E-state index in [1.807, 2.05) is 42.5 Å². The summed E-state index contributed by atoms with van der Waals surface area (Å²) in [7, 11) is 0. The number of para-hydroxylation sites is 2. The first-order valence-electron chi connectivity index (χ1n) is 11.4. The van der Waals surface area contributed by atoms with Gasteiger partial charge in [0, 0.05) is 37.3 Å². The maximum Gasteiger partial charge on any atom is 0.237 e. The first-order chi connectivity index (χ1) is 16.6. The average Bonchev–Trinajstić information content (AvgIpc) is 3.43. The smallest absolute Gasteiger partial charge is 0.237 e. The zero-order valence-electron chi connectivity index (χ0n) is 18.7. The molecule has 34 heavy (non-hydrogen) atoms. The highest BCUT2D eigenvalue weighted by atomic mass is 32.2. The van der Waals surface area contributed by atoms with E-state index in [1.54, 1.807) is 30.2 Å². The number of rotatable bonds is 8. The molecule has 0 radical (unpaired) electrons. The monoisotopic (exact) mass is 475 g/mol. The van der Waals surface area contributed by atoms with Gasteiger partial charge in [-0.1, -0.05) is 36.0 Å². The average molecular weight is 476 g/mol. The fourth-order valence-corrected chi connectivity index (χ4v) is 5.58. The van der Waals surface area contributed by atoms with Crippen molar-refractivity contribution in [2.24, 2.45) is 0 Å². The Labute approximate surface area is 202 Å². The summed E-state index contributed by atoms with van der Waals surface area (Å²) < 4.78 is 13.4. The number of hydrogen-bond acceptors (Lipinski definition) is 5. The topological polar surface area (TPSA) is 73.9 Å². The van der Waals surface area contributed by atoms with Gasteiger partial charge in [0.2, 0.25) is 5.91 Å². The number of H-pyrrole nitrogens is 1. The van der Waals surface area contributed by atoms with Crippen molar-refractivity contribution in [3.05, 3.63) is 90.0 Å². The van der Waals surface area contributed by atoms with Gasteiger partial charge in [-0.05, 0) is 60.4 Å². The quantitative estimate of drug-likeness (QED) is 0.400. The SMILES string of the molecule is O=C(NCCc1cccc(F)c1)[C@@H]1C[C@@H](Sc2nc3ccccc3[nH]2)CN1Cc1ccncc1. The Morgan fingerprint density at radius 3 is 2.79 bits per heavy atom. The number of aromatic nitrogens is 3. The molecule has 0 bridgehead atoms. The minimum absolute atomic E-state index is 0.0122. The highest BCUT2D eigenvalue weighted by molar-refractivity contribution is 7.99. The number of fused-ring (bicyclic) bond motifs is 1. The third kappa shape index (κ3) is 5.46. The Kier molecular flexibility index (Phi) is 6.87. The van der Waals surface area contributed by atoms with E-state index in [4.69, 9.17) is 4.98 Å². The second kappa shape index (κ2) is 10.4. The highest BCUT2D eigenvalue weighted by Gasteiger charge is 2.37. The lowest BCUT2D eigenvalue weighted by Gasteiger charge is -2.23. The molecule has 8 heteroatoms. The van der Waals surface area contributed by atoms with Crippen molar-refractivity contribution >= 4 is 28.7 Å². The lowest BCUT2D eigenvalue weighted by Crippen LogP contribution is -2.43. The van der Waals surface area contributed by atoms with Crippen LogP contribution >= 0.6 is 11.8 Å². The number of carbonyl (C=O) groups excluding carboxylic acids is 1. The molecular formula is C26H26FN5OS. The molecule has 1 fully saturated rings. The molecule has 2 N–H and O–H groups in total. The zero-order valence-corrected chi connectivity index (χ0v) is 19.5. The second-order valence-corrected chi connectivity index (χ2v) is 9.80. The lowest BCUT2D eigenvalue weighted by atomic mass is 10.1. The number of thioether (sulfide) groups is 1. The molecule has 1 saturated heterocycles. The van der Waals surface area contributed by atoms with Gasteiger partial charge >= 0.3 is 0 Å². The zero-order chi connectivity index (χ0) is 23.3. The number of nitrogens with zero attached hydrogens (tertiary/aromatic N) is 3. The molecule has 5 rings (SSSR count). The van der Waals surface area contributed by atoms with Crippen LogP contribution in [-0.4, -0.2) is 50.1 Å². The van der Waals surface area contributed by atoms with E-state index < -0.39 is 0 Å². The summed E-state index contributed by atoms with van der Waals surface area (Å²) in [5, 5.41) is 4.18. The van der Waals surface area contributed by atoms with E-state index in [0.29, 0.717) is 19.5 Å². The van der Waals surface area contributed by atoms with Crippen molar-refractivity contribution in [3.8, 4) is 0 Å². The maximum atomic E-state index is 13.4. The fraction of sp³-hybridized carbons (Fsp3) is 0.269. The van der Waals surface area contributed by atoms with Gasteiger partial charge in [0.25, 0.3) is 0 Å². The Balaban J connectivity index is 1.25. The number of nitrogens with one attached hydrogen (secondary N) is 2. The van der Waals surface area contributed by atoms with Crippen molar-refractivity contribution in [2.45, 2.75) is 35.8 Å². The van der Waals surface area contributed by atoms with Gasteiger partial charge in [0.15, 0.2) is 5.16 Å². The van der Waals surface area contributed by atoms with Crippen LogP contribution in [0, 0.1) is 5.82 Å². The van der Waals surface area contributed by atoms with Crippen molar-refractivity contribution in [1.29, 1.82) is 0 Å². The van der Waals surface area contributed by atoms with Gasteiger partial charge < -0.3 is 10.3 Å². The molecular weight excluding hydrogens is 449 g/mol. The van der Waals surface area contributed by atoms with Gasteiger partial charge in [-0.15, -0.1) is 0 Å². The standard InChI is InChI=1S/C26H26FN5OS/c27-20-5-3-4-18(14-20)10-13-29-25(33)24-15-21(17-32(24)16-19-8-11-28-12-9-19)34-26-30-22-6-1-2-7-23(22)31-26/h1-9,11-12,14,21,24H,10,13,15-17H2,(H,29,33)(H,30,31)/t21-,24+/m1/s1. The van der Waals surface area contributed by atoms with E-state index >= 15 is 0 Å². The minimum Gasteiger partial charge on any atom is -0.354 e. The fourth-order valence-electron chi connectivity index (χ4n) is 4.40. The van der Waals surface area contributed by atoms with Crippen molar-refractivity contribution in [1.82, 2.24) is 25.2 Å². The molecule has 1 aliphatic rings. The van der Waals surface area contributed by atoms with Crippen LogP contribution in [0.25, 0.3) is 11.0 Å². The van der Waals surface area contributed by atoms with Crippen molar-refractivity contribution in [3.63, 3.8) is 0 Å². The number of aromatic amines is 1. The maximum absolute atomic E-state index is 13.4. The molecule has 1 amide bonds. The molecule has 0 spiro atoms. The van der Waals surface area contributed by atoms with E-state index in [2.05, 4.69) is 20.2 Å². The number of pyridine rings is 1. The molecule has 0 saturated carbocycles. The second-order valence-electron chi connectivity index (χ2n) is 8.51. The van der Waals surface area contributed by atoms with Crippen LogP contribution in [-0.2, 0) is 17.8 Å². The summed E-state index contributed by atoms with van der Waals surface area (Å²) in [5.74, 6) is -0.244. The molecule has 2 atom stereocenters. The molecule has 4 aromatic rings. The van der Waals surface area contributed by atoms with Crippen LogP contribution in [0.15, 0.2) is 78.2 Å². The van der Waals surface area contributed by atoms with Gasteiger partial charge in [-0.25, -0.2) is 9.37 Å². The van der Waals surface area contributed by atoms with Crippen LogP contribution in [0.1, 0.15) is 17.5 Å². The first-order valence-corrected chi connectivity index (χ1v) is 12.3. The number of benzene rings is 2. The molecule has 0 unspecified atom stereocenters. The van der Waals surface area contributed by atoms with E-state index in [9.17, 15) is 9.18 Å². The van der Waals surface area contributed by atoms with Crippen LogP contribution in [0.4, 0.5) is 4.39 Å². The largest absolute Gasteiger partial charge is 0.354 e. The molecule has 3 heterocycles. The van der Waals surface area contributed by atoms with Crippen LogP contribution in [0.2, 0.25) is 0 Å². The Morgan fingerprint density at radius 2 is 1.97 bits per heavy atom. The highest BCUT2D eigenvalue weighted by Crippen LogP contribution is 2.33. The van der Waals surface area contributed by atoms with Crippen LogP contribution < -0.4 is 5.32 Å². The van der Waals surface area contributed by atoms with E-state index in [0.717, 1.165) is 40.3 Å². The summed E-state index contributed by atoms with van der Waals surface area (Å²) in [4.78, 5) is 27.6. The Morgan fingerprint density at radius 1 is 1.12 bits per heavy atom. The molecule has 0 aliphatic carbocycles. The van der Waals surface area contributed by atoms with Gasteiger partial charge in [-0.3, -0.25) is 14.7 Å². The predicted octanol–water partition coefficient (Wildman–Crippen LogP) is 4.19. The minimum atomic E-state index is -0.256. The Hall–Kier alpha value is -3.23.